The molecule has 0 fully saturated rings. The molecule has 0 aliphatic carbocycles. The number of imidazole rings is 1. The highest BCUT2D eigenvalue weighted by molar-refractivity contribution is 5.92. The van der Waals surface area contributed by atoms with Gasteiger partial charge in [-0.15, -0.1) is 0 Å². The SMILES string of the molecule is CCCc1nc2cc(C(=O)O)ccc2n1N(C)C. The fourth-order valence-corrected chi connectivity index (χ4v) is 2.08. The molecule has 0 aliphatic rings. The summed E-state index contributed by atoms with van der Waals surface area (Å²) >= 11 is 0. The minimum Gasteiger partial charge on any atom is -0.478 e. The first kappa shape index (κ1) is 12.4. The Bertz CT molecular complexity index is 587. The van der Waals surface area contributed by atoms with Crippen LogP contribution in [-0.2, 0) is 6.42 Å². The van der Waals surface area contributed by atoms with E-state index in [1.165, 1.54) is 0 Å². The van der Waals surface area contributed by atoms with Gasteiger partial charge in [-0.05, 0) is 24.6 Å². The lowest BCUT2D eigenvalue weighted by Gasteiger charge is -2.18. The fraction of sp³-hybridized carbons (Fsp3) is 0.385. The minimum atomic E-state index is -0.923. The molecule has 2 rings (SSSR count). The standard InChI is InChI=1S/C13H17N3O2/c1-4-5-12-14-10-8-9(13(17)18)6-7-11(10)16(12)15(2)3/h6-8H,4-5H2,1-3H3,(H,17,18). The van der Waals surface area contributed by atoms with E-state index in [-0.39, 0.29) is 5.56 Å². The fourth-order valence-electron chi connectivity index (χ4n) is 2.08. The lowest BCUT2D eigenvalue weighted by molar-refractivity contribution is 0.0697. The van der Waals surface area contributed by atoms with Crippen molar-refractivity contribution in [1.29, 1.82) is 0 Å². The van der Waals surface area contributed by atoms with Gasteiger partial charge in [-0.25, -0.2) is 14.5 Å². The monoisotopic (exact) mass is 247 g/mol. The number of hydrogen-bond donors (Lipinski definition) is 1. The molecule has 96 valence electrons. The average molecular weight is 247 g/mol. The van der Waals surface area contributed by atoms with Gasteiger partial charge >= 0.3 is 5.97 Å². The van der Waals surface area contributed by atoms with E-state index < -0.39 is 5.97 Å². The largest absolute Gasteiger partial charge is 0.478 e. The molecule has 1 N–H and O–H groups in total. The summed E-state index contributed by atoms with van der Waals surface area (Å²) in [6.07, 6.45) is 1.87. The van der Waals surface area contributed by atoms with Crippen LogP contribution in [-0.4, -0.2) is 34.8 Å². The number of nitrogens with zero attached hydrogens (tertiary/aromatic N) is 3. The van der Waals surface area contributed by atoms with Crippen LogP contribution in [0.2, 0.25) is 0 Å². The van der Waals surface area contributed by atoms with Crippen LogP contribution in [0.3, 0.4) is 0 Å². The Morgan fingerprint density at radius 2 is 2.17 bits per heavy atom. The molecule has 1 heterocycles. The number of fused-ring (bicyclic) bond motifs is 1. The molecule has 1 aromatic heterocycles. The normalized spacial score (nSPS) is 10.8. The first-order chi connectivity index (χ1) is 8.54. The summed E-state index contributed by atoms with van der Waals surface area (Å²) in [5.74, 6) is 0.0355. The molecular formula is C13H17N3O2. The van der Waals surface area contributed by atoms with Gasteiger partial charge in [0.2, 0.25) is 0 Å². The third kappa shape index (κ3) is 2.03. The molecule has 5 nitrogen and oxygen atoms in total. The zero-order chi connectivity index (χ0) is 13.3. The van der Waals surface area contributed by atoms with E-state index >= 15 is 0 Å². The highest BCUT2D eigenvalue weighted by Crippen LogP contribution is 2.19. The van der Waals surface area contributed by atoms with Crippen LogP contribution in [0.4, 0.5) is 0 Å². The highest BCUT2D eigenvalue weighted by atomic mass is 16.4. The second kappa shape index (κ2) is 4.68. The van der Waals surface area contributed by atoms with E-state index in [1.54, 1.807) is 12.1 Å². The third-order valence-electron chi connectivity index (χ3n) is 2.82. The van der Waals surface area contributed by atoms with Crippen molar-refractivity contribution in [3.05, 3.63) is 29.6 Å². The smallest absolute Gasteiger partial charge is 0.335 e. The zero-order valence-electron chi connectivity index (χ0n) is 10.8. The van der Waals surface area contributed by atoms with Crippen LogP contribution in [0.1, 0.15) is 29.5 Å². The predicted molar refractivity (Wildman–Crippen MR) is 70.8 cm³/mol. The van der Waals surface area contributed by atoms with Gasteiger partial charge in [0.1, 0.15) is 5.82 Å². The van der Waals surface area contributed by atoms with Crippen molar-refractivity contribution in [2.75, 3.05) is 19.1 Å². The highest BCUT2D eigenvalue weighted by Gasteiger charge is 2.13. The summed E-state index contributed by atoms with van der Waals surface area (Å²) in [7, 11) is 3.90. The molecule has 1 aromatic carbocycles. The van der Waals surface area contributed by atoms with Crippen molar-refractivity contribution >= 4 is 17.0 Å². The summed E-state index contributed by atoms with van der Waals surface area (Å²) in [5.41, 5.74) is 1.94. The lowest BCUT2D eigenvalue weighted by atomic mass is 10.2. The molecule has 0 saturated heterocycles. The summed E-state index contributed by atoms with van der Waals surface area (Å²) in [6.45, 7) is 2.10. The number of aromatic nitrogens is 2. The summed E-state index contributed by atoms with van der Waals surface area (Å²) < 4.78 is 2.02. The molecule has 0 radical (unpaired) electrons. The summed E-state index contributed by atoms with van der Waals surface area (Å²) in [6, 6.07) is 5.05. The Morgan fingerprint density at radius 1 is 1.44 bits per heavy atom. The van der Waals surface area contributed by atoms with Crippen molar-refractivity contribution in [3.63, 3.8) is 0 Å². The zero-order valence-corrected chi connectivity index (χ0v) is 10.8. The van der Waals surface area contributed by atoms with Crippen molar-refractivity contribution in [2.24, 2.45) is 0 Å². The summed E-state index contributed by atoms with van der Waals surface area (Å²) in [4.78, 5) is 15.5. The average Bonchev–Trinajstić information content (AvgIpc) is 2.66. The number of carbonyl (C=O) groups is 1. The van der Waals surface area contributed by atoms with E-state index in [1.807, 2.05) is 29.8 Å². The number of aryl methyl sites for hydroxylation is 1. The molecule has 0 atom stereocenters. The number of carboxylic acid groups (broad SMARTS) is 1. The van der Waals surface area contributed by atoms with E-state index in [2.05, 4.69) is 11.9 Å². The van der Waals surface area contributed by atoms with Crippen LogP contribution in [0.25, 0.3) is 11.0 Å². The van der Waals surface area contributed by atoms with Gasteiger partial charge in [0.25, 0.3) is 0 Å². The first-order valence-electron chi connectivity index (χ1n) is 5.97. The van der Waals surface area contributed by atoms with Crippen LogP contribution >= 0.6 is 0 Å². The molecule has 5 heteroatoms. The van der Waals surface area contributed by atoms with Crippen LogP contribution < -0.4 is 5.01 Å². The Balaban J connectivity index is 2.64. The number of benzene rings is 1. The minimum absolute atomic E-state index is 0.272. The van der Waals surface area contributed by atoms with Gasteiger partial charge in [0.05, 0.1) is 16.6 Å². The Labute approximate surface area is 106 Å². The van der Waals surface area contributed by atoms with E-state index in [0.717, 1.165) is 29.7 Å². The van der Waals surface area contributed by atoms with E-state index in [9.17, 15) is 4.79 Å². The molecule has 0 aliphatic heterocycles. The van der Waals surface area contributed by atoms with Gasteiger partial charge in [-0.2, -0.15) is 0 Å². The maximum atomic E-state index is 11.0. The third-order valence-corrected chi connectivity index (χ3v) is 2.82. The molecule has 0 spiro atoms. The first-order valence-corrected chi connectivity index (χ1v) is 5.97. The van der Waals surface area contributed by atoms with Gasteiger partial charge in [0.15, 0.2) is 0 Å². The van der Waals surface area contributed by atoms with E-state index in [0.29, 0.717) is 0 Å². The molecule has 0 saturated carbocycles. The van der Waals surface area contributed by atoms with Crippen molar-refractivity contribution < 1.29 is 9.90 Å². The molecule has 0 bridgehead atoms. The Kier molecular flexibility index (Phi) is 3.23. The topological polar surface area (TPSA) is 58.4 Å². The molecule has 18 heavy (non-hydrogen) atoms. The van der Waals surface area contributed by atoms with Crippen LogP contribution in [0.5, 0.6) is 0 Å². The van der Waals surface area contributed by atoms with Crippen molar-refractivity contribution in [2.45, 2.75) is 19.8 Å². The maximum absolute atomic E-state index is 11.0. The Hall–Kier alpha value is -2.04. The van der Waals surface area contributed by atoms with Gasteiger partial charge in [-0.3, -0.25) is 0 Å². The molecule has 2 aromatic rings. The molecule has 0 amide bonds. The number of rotatable bonds is 4. The molecule has 0 unspecified atom stereocenters. The van der Waals surface area contributed by atoms with Gasteiger partial charge < -0.3 is 10.1 Å². The van der Waals surface area contributed by atoms with Crippen molar-refractivity contribution in [3.8, 4) is 0 Å². The van der Waals surface area contributed by atoms with Crippen molar-refractivity contribution in [1.82, 2.24) is 9.66 Å². The second-order valence-electron chi connectivity index (χ2n) is 4.45. The summed E-state index contributed by atoms with van der Waals surface area (Å²) in [5, 5.41) is 10.9. The Morgan fingerprint density at radius 3 is 2.72 bits per heavy atom. The molecular weight excluding hydrogens is 230 g/mol. The van der Waals surface area contributed by atoms with Crippen LogP contribution in [0.15, 0.2) is 18.2 Å². The quantitative estimate of drug-likeness (QED) is 0.896. The number of carboxylic acids is 1. The van der Waals surface area contributed by atoms with E-state index in [4.69, 9.17) is 5.11 Å². The second-order valence-corrected chi connectivity index (χ2v) is 4.45. The lowest BCUT2D eigenvalue weighted by Crippen LogP contribution is -2.26. The number of hydrogen-bond acceptors (Lipinski definition) is 3. The van der Waals surface area contributed by atoms with Crippen LogP contribution in [0, 0.1) is 0 Å². The van der Waals surface area contributed by atoms with Gasteiger partial charge in [-0.1, -0.05) is 6.92 Å². The number of aromatic carboxylic acids is 1. The predicted octanol–water partition coefficient (Wildman–Crippen LogP) is 1.88. The van der Waals surface area contributed by atoms with Gasteiger partial charge in [0, 0.05) is 20.5 Å². The maximum Gasteiger partial charge on any atom is 0.335 e.